The number of amides is 4. The highest BCUT2D eigenvalue weighted by atomic mass is 16.6. The zero-order valence-electron chi connectivity index (χ0n) is 36.5. The van der Waals surface area contributed by atoms with Gasteiger partial charge >= 0.3 is 24.4 Å². The van der Waals surface area contributed by atoms with Gasteiger partial charge in [-0.05, 0) is 111 Å². The predicted molar refractivity (Wildman–Crippen MR) is 227 cm³/mol. The lowest BCUT2D eigenvalue weighted by molar-refractivity contribution is 0.0530. The molecule has 1 aromatic heterocycles. The Labute approximate surface area is 347 Å². The quantitative estimate of drug-likeness (QED) is 0.0954. The molecule has 0 spiro atoms. The zero-order valence-corrected chi connectivity index (χ0v) is 36.5. The van der Waals surface area contributed by atoms with Gasteiger partial charge in [0.05, 0.1) is 6.54 Å². The highest BCUT2D eigenvalue weighted by Gasteiger charge is 2.23. The smallest absolute Gasteiger partial charge is 0.437 e. The molecule has 3 aromatic rings. The van der Waals surface area contributed by atoms with Gasteiger partial charge in [0.15, 0.2) is 0 Å². The Kier molecular flexibility index (Phi) is 20.4. The van der Waals surface area contributed by atoms with Crippen molar-refractivity contribution in [1.29, 1.82) is 0 Å². The molecule has 0 radical (unpaired) electrons. The minimum atomic E-state index is -0.839. The minimum Gasteiger partial charge on any atom is -0.444 e. The highest BCUT2D eigenvalue weighted by molar-refractivity contribution is 6.01. The molecular weight excluding hydrogens is 761 g/mol. The predicted octanol–water partition coefficient (Wildman–Crippen LogP) is 6.20. The molecule has 0 fully saturated rings. The lowest BCUT2D eigenvalue weighted by Gasteiger charge is -2.22. The van der Waals surface area contributed by atoms with Gasteiger partial charge in [-0.2, -0.15) is 5.10 Å². The molecule has 4 amide bonds. The lowest BCUT2D eigenvalue weighted by Crippen LogP contribution is -2.47. The first kappa shape index (κ1) is 51.2. The van der Waals surface area contributed by atoms with E-state index in [2.05, 4.69) is 31.0 Å². The molecule has 0 saturated carbocycles. The maximum Gasteiger partial charge on any atom is 0.437 e. The van der Waals surface area contributed by atoms with E-state index in [1.807, 2.05) is 48.5 Å². The topological polar surface area (TPSA) is 262 Å². The fourth-order valence-electron chi connectivity index (χ4n) is 4.24. The van der Waals surface area contributed by atoms with Crippen LogP contribution in [-0.4, -0.2) is 68.5 Å². The molecule has 0 aliphatic carbocycles. The van der Waals surface area contributed by atoms with E-state index in [9.17, 15) is 19.2 Å². The third-order valence-corrected chi connectivity index (χ3v) is 6.47. The van der Waals surface area contributed by atoms with Crippen LogP contribution >= 0.6 is 0 Å². The Hall–Kier alpha value is -5.85. The van der Waals surface area contributed by atoms with Crippen LogP contribution in [0.25, 0.3) is 0 Å². The Balaban J connectivity index is 0.000000485. The zero-order chi connectivity index (χ0) is 45.0. The van der Waals surface area contributed by atoms with Gasteiger partial charge in [-0.1, -0.05) is 48.5 Å². The van der Waals surface area contributed by atoms with Gasteiger partial charge in [-0.15, -0.1) is 4.99 Å². The summed E-state index contributed by atoms with van der Waals surface area (Å²) in [5.41, 5.74) is 18.0. The van der Waals surface area contributed by atoms with E-state index in [4.69, 9.17) is 36.1 Å². The summed E-state index contributed by atoms with van der Waals surface area (Å²) in [6.45, 7) is 22.5. The molecule has 1 heterocycles. The fraction of sp³-hybridized carbons (Fsp3) is 0.488. The number of ether oxygens (including phenoxy) is 4. The summed E-state index contributed by atoms with van der Waals surface area (Å²) in [6.07, 6.45) is -0.0321. The van der Waals surface area contributed by atoms with Crippen LogP contribution < -0.4 is 33.2 Å². The van der Waals surface area contributed by atoms with Crippen molar-refractivity contribution in [3.05, 3.63) is 89.2 Å². The van der Waals surface area contributed by atoms with Gasteiger partial charge in [0.25, 0.3) is 0 Å². The van der Waals surface area contributed by atoms with E-state index < -0.39 is 46.8 Å². The summed E-state index contributed by atoms with van der Waals surface area (Å²) in [6, 6.07) is 17.1. The average molecular weight is 825 g/mol. The molecule has 18 heteroatoms. The molecule has 0 saturated heterocycles. The fourth-order valence-corrected chi connectivity index (χ4v) is 4.24. The molecule has 59 heavy (non-hydrogen) atoms. The molecule has 9 N–H and O–H groups in total. The van der Waals surface area contributed by atoms with Crippen LogP contribution in [0.5, 0.6) is 0 Å². The van der Waals surface area contributed by atoms with E-state index in [1.54, 1.807) is 89.2 Å². The number of aromatic nitrogens is 2. The average Bonchev–Trinajstić information content (AvgIpc) is 3.63. The van der Waals surface area contributed by atoms with Gasteiger partial charge in [0, 0.05) is 32.0 Å². The molecule has 0 bridgehead atoms. The second-order valence-electron chi connectivity index (χ2n) is 16.6. The lowest BCUT2D eigenvalue weighted by atomic mass is 10.1. The summed E-state index contributed by atoms with van der Waals surface area (Å²) in [7, 11) is 0. The SMILES string of the molecule is CC(C)(C)OC(=O)N=C(NC(=O)OC(C)(C)C)n1cccn1.CC(C)(C)OC(=O)NC(=NCc1ccccc1CN)NC(=O)OC(C)(C)C.NCc1ccccc1CN. The maximum atomic E-state index is 12.0. The van der Waals surface area contributed by atoms with E-state index in [1.165, 1.54) is 17.1 Å². The number of guanidine groups is 1. The van der Waals surface area contributed by atoms with Crippen LogP contribution in [-0.2, 0) is 45.1 Å². The summed E-state index contributed by atoms with van der Waals surface area (Å²) in [5.74, 6) is -0.168. The van der Waals surface area contributed by atoms with Crippen molar-refractivity contribution in [3.8, 4) is 0 Å². The van der Waals surface area contributed by atoms with Crippen molar-refractivity contribution >= 4 is 36.3 Å². The summed E-state index contributed by atoms with van der Waals surface area (Å²) in [4.78, 5) is 55.7. The Morgan fingerprint density at radius 1 is 0.576 bits per heavy atom. The Morgan fingerprint density at radius 3 is 1.31 bits per heavy atom. The first-order valence-corrected chi connectivity index (χ1v) is 18.8. The van der Waals surface area contributed by atoms with Crippen molar-refractivity contribution in [3.63, 3.8) is 0 Å². The van der Waals surface area contributed by atoms with Crippen LogP contribution in [0.4, 0.5) is 19.2 Å². The minimum absolute atomic E-state index is 0.0645. The molecule has 0 atom stereocenters. The van der Waals surface area contributed by atoms with E-state index in [0.29, 0.717) is 19.6 Å². The number of nitrogens with one attached hydrogen (secondary N) is 3. The Bertz CT molecular complexity index is 1800. The summed E-state index contributed by atoms with van der Waals surface area (Å²) in [5, 5.41) is 11.2. The summed E-state index contributed by atoms with van der Waals surface area (Å²) < 4.78 is 21.9. The molecule has 3 rings (SSSR count). The standard InChI is InChI=1S/C19H30N4O4.C14H22N4O4.C8H12N2/c1-18(2,3)26-16(24)22-15(23-17(25)27-19(4,5)6)21-12-14-10-8-7-9-13(14)11-20;1-13(2,3)21-11(19)16-10(18-9-7-8-15-18)17-12(20)22-14(4,5)6;9-5-7-3-1-2-4-8(7)6-10/h7-10H,11-12,20H2,1-6H3,(H2,21,22,23,24,25);7-9H,1-6H3,(H,16,17,19,20);1-4H,5-6,9-10H2. The highest BCUT2D eigenvalue weighted by Crippen LogP contribution is 2.12. The van der Waals surface area contributed by atoms with Gasteiger partial charge in [0.2, 0.25) is 11.9 Å². The number of alkyl carbamates (subject to hydrolysis) is 3. The first-order valence-electron chi connectivity index (χ1n) is 18.8. The van der Waals surface area contributed by atoms with Crippen molar-refractivity contribution in [1.82, 2.24) is 25.7 Å². The number of rotatable bonds is 5. The van der Waals surface area contributed by atoms with Crippen LogP contribution in [0, 0.1) is 0 Å². The third kappa shape index (κ3) is 23.9. The molecule has 18 nitrogen and oxygen atoms in total. The Morgan fingerprint density at radius 2 is 0.949 bits per heavy atom. The van der Waals surface area contributed by atoms with Crippen LogP contribution in [0.3, 0.4) is 0 Å². The number of carbonyl (C=O) groups is 4. The second kappa shape index (κ2) is 23.5. The number of carbonyl (C=O) groups excluding carboxylic acids is 4. The number of benzene rings is 2. The number of nitrogens with zero attached hydrogens (tertiary/aromatic N) is 4. The number of nitrogens with two attached hydrogens (primary N) is 3. The van der Waals surface area contributed by atoms with Crippen LogP contribution in [0.15, 0.2) is 77.0 Å². The molecule has 0 aliphatic heterocycles. The van der Waals surface area contributed by atoms with Gasteiger partial charge in [-0.3, -0.25) is 16.0 Å². The van der Waals surface area contributed by atoms with Crippen molar-refractivity contribution < 1.29 is 38.1 Å². The van der Waals surface area contributed by atoms with Crippen molar-refractivity contribution in [2.45, 2.75) is 132 Å². The molecule has 326 valence electrons. The maximum absolute atomic E-state index is 12.0. The van der Waals surface area contributed by atoms with Crippen LogP contribution in [0.2, 0.25) is 0 Å². The second-order valence-corrected chi connectivity index (χ2v) is 16.6. The first-order chi connectivity index (χ1) is 27.2. The van der Waals surface area contributed by atoms with Gasteiger partial charge < -0.3 is 36.1 Å². The van der Waals surface area contributed by atoms with Gasteiger partial charge in [-0.25, -0.2) is 28.9 Å². The van der Waals surface area contributed by atoms with Crippen molar-refractivity contribution in [2.24, 2.45) is 27.2 Å². The van der Waals surface area contributed by atoms with Gasteiger partial charge in [0.1, 0.15) is 22.4 Å². The normalized spacial score (nSPS) is 11.6. The number of hydrogen-bond donors (Lipinski definition) is 6. The summed E-state index contributed by atoms with van der Waals surface area (Å²) >= 11 is 0. The van der Waals surface area contributed by atoms with Crippen molar-refractivity contribution in [2.75, 3.05) is 0 Å². The molecule has 0 aliphatic rings. The van der Waals surface area contributed by atoms with E-state index >= 15 is 0 Å². The van der Waals surface area contributed by atoms with E-state index in [0.717, 1.165) is 22.3 Å². The molecule has 0 unspecified atom stereocenters. The van der Waals surface area contributed by atoms with Crippen LogP contribution in [0.1, 0.15) is 105 Å². The van der Waals surface area contributed by atoms with E-state index in [-0.39, 0.29) is 18.5 Å². The monoisotopic (exact) mass is 824 g/mol. The number of hydrogen-bond acceptors (Lipinski definition) is 13. The largest absolute Gasteiger partial charge is 0.444 e. The number of aliphatic imine (C=N–C) groups is 2. The molecule has 2 aromatic carbocycles. The molecular formula is C41H64N10O8. The third-order valence-electron chi connectivity index (χ3n) is 6.47.